The highest BCUT2D eigenvalue weighted by Crippen LogP contribution is 2.21. The predicted octanol–water partition coefficient (Wildman–Crippen LogP) is 2.33. The monoisotopic (exact) mass is 220 g/mol. The second kappa shape index (κ2) is 6.52. The molecule has 2 nitrogen and oxygen atoms in total. The number of thioether (sulfide) groups is 1. The summed E-state index contributed by atoms with van der Waals surface area (Å²) < 4.78 is 0. The van der Waals surface area contributed by atoms with Crippen molar-refractivity contribution in [2.75, 3.05) is 6.26 Å². The Bertz CT molecular complexity index is 326. The molecule has 0 aliphatic carbocycles. The molecular formula is C12H16N2S. The van der Waals surface area contributed by atoms with Gasteiger partial charge in [-0.2, -0.15) is 0 Å². The van der Waals surface area contributed by atoms with Crippen LogP contribution in [0.3, 0.4) is 0 Å². The van der Waals surface area contributed by atoms with Gasteiger partial charge in [0.25, 0.3) is 0 Å². The molecule has 1 aromatic rings. The van der Waals surface area contributed by atoms with Crippen molar-refractivity contribution in [1.29, 1.82) is 0 Å². The van der Waals surface area contributed by atoms with Crippen molar-refractivity contribution < 1.29 is 0 Å². The summed E-state index contributed by atoms with van der Waals surface area (Å²) in [5, 5.41) is 0. The molecule has 0 saturated carbocycles. The van der Waals surface area contributed by atoms with Gasteiger partial charge in [0, 0.05) is 17.4 Å². The van der Waals surface area contributed by atoms with Gasteiger partial charge in [0.15, 0.2) is 0 Å². The minimum Gasteiger partial charge on any atom is -0.271 e. The molecule has 0 aliphatic heterocycles. The average molecular weight is 220 g/mol. The maximum Gasteiger partial charge on any atom is 0.0469 e. The van der Waals surface area contributed by atoms with E-state index in [2.05, 4.69) is 41.9 Å². The van der Waals surface area contributed by atoms with Crippen molar-refractivity contribution in [3.8, 4) is 12.3 Å². The third-order valence-electron chi connectivity index (χ3n) is 2.30. The van der Waals surface area contributed by atoms with Crippen LogP contribution in [0.4, 0.5) is 0 Å². The summed E-state index contributed by atoms with van der Waals surface area (Å²) in [4.78, 5) is 1.26. The van der Waals surface area contributed by atoms with Gasteiger partial charge in [0.05, 0.1) is 0 Å². The first-order chi connectivity index (χ1) is 7.31. The van der Waals surface area contributed by atoms with Gasteiger partial charge < -0.3 is 0 Å². The summed E-state index contributed by atoms with van der Waals surface area (Å²) >= 11 is 1.73. The maximum atomic E-state index is 5.49. The molecule has 0 bridgehead atoms. The van der Waals surface area contributed by atoms with Gasteiger partial charge >= 0.3 is 0 Å². The fourth-order valence-corrected chi connectivity index (χ4v) is 1.82. The molecule has 80 valence electrons. The molecule has 1 atom stereocenters. The highest BCUT2D eigenvalue weighted by Gasteiger charge is 2.07. The zero-order chi connectivity index (χ0) is 11.1. The van der Waals surface area contributed by atoms with Crippen LogP contribution >= 0.6 is 11.8 Å². The van der Waals surface area contributed by atoms with Crippen LogP contribution in [-0.4, -0.2) is 6.26 Å². The van der Waals surface area contributed by atoms with E-state index in [0.29, 0.717) is 0 Å². The third-order valence-corrected chi connectivity index (χ3v) is 3.04. The van der Waals surface area contributed by atoms with Crippen molar-refractivity contribution in [2.45, 2.75) is 23.8 Å². The van der Waals surface area contributed by atoms with Crippen LogP contribution in [0.15, 0.2) is 29.2 Å². The van der Waals surface area contributed by atoms with E-state index in [0.717, 1.165) is 12.8 Å². The normalized spacial score (nSPS) is 12.1. The molecule has 0 spiro atoms. The van der Waals surface area contributed by atoms with Gasteiger partial charge in [0.2, 0.25) is 0 Å². The van der Waals surface area contributed by atoms with E-state index in [1.54, 1.807) is 11.8 Å². The summed E-state index contributed by atoms with van der Waals surface area (Å²) in [5.41, 5.74) is 3.97. The fraction of sp³-hybridized carbons (Fsp3) is 0.333. The Labute approximate surface area is 95.6 Å². The molecule has 1 unspecified atom stereocenters. The molecule has 0 aromatic heterocycles. The van der Waals surface area contributed by atoms with Crippen molar-refractivity contribution in [3.63, 3.8) is 0 Å². The molecule has 0 saturated heterocycles. The highest BCUT2D eigenvalue weighted by molar-refractivity contribution is 7.98. The Hall–Kier alpha value is -0.950. The number of hydrogen-bond donors (Lipinski definition) is 2. The Morgan fingerprint density at radius 3 is 2.60 bits per heavy atom. The molecular weight excluding hydrogens is 204 g/mol. The first-order valence-electron chi connectivity index (χ1n) is 4.85. The third kappa shape index (κ3) is 3.60. The molecule has 1 aromatic carbocycles. The highest BCUT2D eigenvalue weighted by atomic mass is 32.2. The van der Waals surface area contributed by atoms with Crippen LogP contribution in [-0.2, 0) is 0 Å². The van der Waals surface area contributed by atoms with Crippen LogP contribution in [0.25, 0.3) is 0 Å². The predicted molar refractivity (Wildman–Crippen MR) is 66.4 cm³/mol. The molecule has 0 aliphatic rings. The molecule has 15 heavy (non-hydrogen) atoms. The minimum absolute atomic E-state index is 0.150. The number of hydrazine groups is 1. The maximum absolute atomic E-state index is 5.49. The first-order valence-corrected chi connectivity index (χ1v) is 6.07. The fourth-order valence-electron chi connectivity index (χ4n) is 1.41. The van der Waals surface area contributed by atoms with Crippen LogP contribution < -0.4 is 11.3 Å². The summed E-state index contributed by atoms with van der Waals surface area (Å²) in [6.45, 7) is 0. The number of nitrogens with two attached hydrogens (primary N) is 1. The van der Waals surface area contributed by atoms with Crippen LogP contribution in [0.1, 0.15) is 24.4 Å². The minimum atomic E-state index is 0.150. The van der Waals surface area contributed by atoms with E-state index in [4.69, 9.17) is 12.3 Å². The number of nitrogens with one attached hydrogen (secondary N) is 1. The van der Waals surface area contributed by atoms with Crippen LogP contribution in [0.2, 0.25) is 0 Å². The van der Waals surface area contributed by atoms with Gasteiger partial charge in [-0.1, -0.05) is 12.1 Å². The largest absolute Gasteiger partial charge is 0.271 e. The van der Waals surface area contributed by atoms with E-state index < -0.39 is 0 Å². The summed E-state index contributed by atoms with van der Waals surface area (Å²) in [6, 6.07) is 8.53. The standard InChI is InChI=1S/C12H16N2S/c1-3-4-5-12(14-13)10-6-8-11(15-2)9-7-10/h1,6-9,12,14H,4-5,13H2,2H3. The molecule has 3 N–H and O–H groups in total. The van der Waals surface area contributed by atoms with E-state index in [9.17, 15) is 0 Å². The zero-order valence-electron chi connectivity index (χ0n) is 8.86. The molecule has 0 amide bonds. The van der Waals surface area contributed by atoms with Crippen molar-refractivity contribution in [2.24, 2.45) is 5.84 Å². The quantitative estimate of drug-likeness (QED) is 0.346. The molecule has 0 radical (unpaired) electrons. The molecule has 0 fully saturated rings. The Balaban J connectivity index is 2.70. The van der Waals surface area contributed by atoms with Gasteiger partial charge in [-0.3, -0.25) is 11.3 Å². The van der Waals surface area contributed by atoms with Gasteiger partial charge in [-0.25, -0.2) is 0 Å². The summed E-state index contributed by atoms with van der Waals surface area (Å²) in [5.74, 6) is 8.12. The van der Waals surface area contributed by atoms with Gasteiger partial charge in [-0.15, -0.1) is 24.1 Å². The van der Waals surface area contributed by atoms with Crippen LogP contribution in [0, 0.1) is 12.3 Å². The lowest BCUT2D eigenvalue weighted by Crippen LogP contribution is -2.27. The summed E-state index contributed by atoms with van der Waals surface area (Å²) in [6.07, 6.45) is 8.90. The van der Waals surface area contributed by atoms with E-state index in [1.807, 2.05) is 0 Å². The SMILES string of the molecule is C#CCCC(NN)c1ccc(SC)cc1. The second-order valence-corrected chi connectivity index (χ2v) is 4.11. The number of benzene rings is 1. The van der Waals surface area contributed by atoms with E-state index in [1.165, 1.54) is 10.5 Å². The lowest BCUT2D eigenvalue weighted by molar-refractivity contribution is 0.523. The number of rotatable bonds is 5. The molecule has 0 heterocycles. The van der Waals surface area contributed by atoms with Gasteiger partial charge in [0.1, 0.15) is 0 Å². The lowest BCUT2D eigenvalue weighted by atomic mass is 10.0. The Morgan fingerprint density at radius 2 is 2.13 bits per heavy atom. The smallest absolute Gasteiger partial charge is 0.0469 e. The molecule has 3 heteroatoms. The van der Waals surface area contributed by atoms with Crippen molar-refractivity contribution in [3.05, 3.63) is 29.8 Å². The van der Waals surface area contributed by atoms with Crippen molar-refractivity contribution >= 4 is 11.8 Å². The van der Waals surface area contributed by atoms with E-state index in [-0.39, 0.29) is 6.04 Å². The topological polar surface area (TPSA) is 38.0 Å². The average Bonchev–Trinajstić information content (AvgIpc) is 2.31. The number of hydrogen-bond acceptors (Lipinski definition) is 3. The van der Waals surface area contributed by atoms with E-state index >= 15 is 0 Å². The Morgan fingerprint density at radius 1 is 1.47 bits per heavy atom. The lowest BCUT2D eigenvalue weighted by Gasteiger charge is -2.15. The number of terminal acetylenes is 1. The summed E-state index contributed by atoms with van der Waals surface area (Å²) in [7, 11) is 0. The van der Waals surface area contributed by atoms with Crippen molar-refractivity contribution in [1.82, 2.24) is 5.43 Å². The van der Waals surface area contributed by atoms with Crippen LogP contribution in [0.5, 0.6) is 0 Å². The van der Waals surface area contributed by atoms with Gasteiger partial charge in [-0.05, 0) is 30.4 Å². The second-order valence-electron chi connectivity index (χ2n) is 3.24. The first kappa shape index (κ1) is 12.1. The Kier molecular flexibility index (Phi) is 5.27. The molecule has 1 rings (SSSR count). The zero-order valence-corrected chi connectivity index (χ0v) is 9.68.